The van der Waals surface area contributed by atoms with Gasteiger partial charge in [-0.1, -0.05) is 11.8 Å². The topological polar surface area (TPSA) is 92.5 Å². The molecule has 0 bridgehead atoms. The normalized spacial score (nSPS) is 10.5. The smallest absolute Gasteiger partial charge is 0.313 e. The Hall–Kier alpha value is -2.55. The molecule has 0 aliphatic heterocycles. The van der Waals surface area contributed by atoms with E-state index in [-0.39, 0.29) is 23.9 Å². The van der Waals surface area contributed by atoms with Crippen LogP contribution in [0.4, 0.5) is 0 Å². The van der Waals surface area contributed by atoms with E-state index in [0.29, 0.717) is 34.7 Å². The summed E-state index contributed by atoms with van der Waals surface area (Å²) in [6.45, 7) is 2.06. The molecule has 9 heteroatoms. The van der Waals surface area contributed by atoms with Gasteiger partial charge in [-0.15, -0.1) is 10.2 Å². The number of Topliss-reactive ketones (excluding diaryl/α,β-unsaturated/α-hetero) is 1. The number of carbonyl (C=O) groups is 2. The zero-order valence-electron chi connectivity index (χ0n) is 15.1. The summed E-state index contributed by atoms with van der Waals surface area (Å²) in [6.07, 6.45) is 0.0373. The zero-order chi connectivity index (χ0) is 19.1. The minimum absolute atomic E-state index is 0.0373. The Kier molecular flexibility index (Phi) is 7.02. The standard InChI is InChI=1S/C17H21N3O5S/c1-5-25-16(22)9-15-18-19-17(20(15)2)26-10-13(21)12-8-11(23-3)6-7-14(12)24-4/h6-8H,5,9-10H2,1-4H3. The van der Waals surface area contributed by atoms with Gasteiger partial charge in [-0.05, 0) is 25.1 Å². The Bertz CT molecular complexity index is 791. The van der Waals surface area contributed by atoms with Crippen LogP contribution in [0.15, 0.2) is 23.4 Å². The summed E-state index contributed by atoms with van der Waals surface area (Å²) in [5.74, 6) is 1.20. The lowest BCUT2D eigenvalue weighted by molar-refractivity contribution is -0.142. The van der Waals surface area contributed by atoms with Crippen molar-refractivity contribution in [1.82, 2.24) is 14.8 Å². The van der Waals surface area contributed by atoms with Gasteiger partial charge in [-0.3, -0.25) is 9.59 Å². The van der Waals surface area contributed by atoms with Gasteiger partial charge >= 0.3 is 5.97 Å². The summed E-state index contributed by atoms with van der Waals surface area (Å²) in [4.78, 5) is 24.1. The number of thioether (sulfide) groups is 1. The molecule has 0 saturated carbocycles. The molecular weight excluding hydrogens is 358 g/mol. The van der Waals surface area contributed by atoms with E-state index in [1.54, 1.807) is 36.7 Å². The van der Waals surface area contributed by atoms with Gasteiger partial charge in [-0.2, -0.15) is 0 Å². The number of nitrogens with zero attached hydrogens (tertiary/aromatic N) is 3. The van der Waals surface area contributed by atoms with Gasteiger partial charge in [0.2, 0.25) is 0 Å². The molecule has 8 nitrogen and oxygen atoms in total. The zero-order valence-corrected chi connectivity index (χ0v) is 16.0. The van der Waals surface area contributed by atoms with Gasteiger partial charge in [0.25, 0.3) is 0 Å². The number of hydrogen-bond donors (Lipinski definition) is 0. The summed E-state index contributed by atoms with van der Waals surface area (Å²) in [7, 11) is 4.79. The highest BCUT2D eigenvalue weighted by atomic mass is 32.2. The summed E-state index contributed by atoms with van der Waals surface area (Å²) < 4.78 is 17.0. The highest BCUT2D eigenvalue weighted by molar-refractivity contribution is 7.99. The molecule has 0 spiro atoms. The van der Waals surface area contributed by atoms with Gasteiger partial charge in [0, 0.05) is 7.05 Å². The third-order valence-corrected chi connectivity index (χ3v) is 4.59. The van der Waals surface area contributed by atoms with Gasteiger partial charge in [0.1, 0.15) is 23.7 Å². The van der Waals surface area contributed by atoms with Crippen LogP contribution >= 0.6 is 11.8 Å². The largest absolute Gasteiger partial charge is 0.497 e. The quantitative estimate of drug-likeness (QED) is 0.371. The maximum atomic E-state index is 12.6. The summed E-state index contributed by atoms with van der Waals surface area (Å²) in [5, 5.41) is 8.56. The molecule has 140 valence electrons. The first-order valence-corrected chi connectivity index (χ1v) is 8.90. The van der Waals surface area contributed by atoms with E-state index >= 15 is 0 Å². The first kappa shape index (κ1) is 19.8. The predicted molar refractivity (Wildman–Crippen MR) is 95.9 cm³/mol. The van der Waals surface area contributed by atoms with Crippen LogP contribution in [0.3, 0.4) is 0 Å². The lowest BCUT2D eigenvalue weighted by atomic mass is 10.1. The van der Waals surface area contributed by atoms with Crippen molar-refractivity contribution >= 4 is 23.5 Å². The van der Waals surface area contributed by atoms with Crippen molar-refractivity contribution in [3.63, 3.8) is 0 Å². The fourth-order valence-electron chi connectivity index (χ4n) is 2.21. The van der Waals surface area contributed by atoms with E-state index in [2.05, 4.69) is 10.2 Å². The third kappa shape index (κ3) is 4.75. The Morgan fingerprint density at radius 3 is 2.62 bits per heavy atom. The molecule has 1 heterocycles. The number of carbonyl (C=O) groups excluding carboxylic acids is 2. The monoisotopic (exact) mass is 379 g/mol. The van der Waals surface area contributed by atoms with Crippen molar-refractivity contribution in [2.75, 3.05) is 26.6 Å². The third-order valence-electron chi connectivity index (χ3n) is 3.57. The van der Waals surface area contributed by atoms with Crippen LogP contribution in [-0.2, 0) is 23.0 Å². The van der Waals surface area contributed by atoms with Crippen LogP contribution in [0.1, 0.15) is 23.1 Å². The Morgan fingerprint density at radius 2 is 1.96 bits per heavy atom. The lowest BCUT2D eigenvalue weighted by Gasteiger charge is -2.09. The highest BCUT2D eigenvalue weighted by Gasteiger charge is 2.18. The molecule has 0 unspecified atom stereocenters. The van der Waals surface area contributed by atoms with Crippen LogP contribution < -0.4 is 9.47 Å². The van der Waals surface area contributed by atoms with Crippen molar-refractivity contribution in [3.8, 4) is 11.5 Å². The minimum Gasteiger partial charge on any atom is -0.497 e. The van der Waals surface area contributed by atoms with E-state index in [1.807, 2.05) is 0 Å². The average Bonchev–Trinajstić information content (AvgIpc) is 2.99. The minimum atomic E-state index is -0.364. The summed E-state index contributed by atoms with van der Waals surface area (Å²) >= 11 is 1.24. The molecule has 0 N–H and O–H groups in total. The van der Waals surface area contributed by atoms with E-state index in [1.165, 1.54) is 26.0 Å². The number of aromatic nitrogens is 3. The molecule has 0 radical (unpaired) electrons. The van der Waals surface area contributed by atoms with E-state index in [0.717, 1.165) is 0 Å². The van der Waals surface area contributed by atoms with Gasteiger partial charge in [0.15, 0.2) is 10.9 Å². The molecular formula is C17H21N3O5S. The molecule has 0 amide bonds. The van der Waals surface area contributed by atoms with Crippen molar-refractivity contribution in [3.05, 3.63) is 29.6 Å². The second-order valence-corrected chi connectivity index (χ2v) is 6.16. The van der Waals surface area contributed by atoms with Crippen LogP contribution in [0, 0.1) is 0 Å². The molecule has 0 atom stereocenters. The summed E-state index contributed by atoms with van der Waals surface area (Å²) in [6, 6.07) is 5.06. The number of esters is 1. The molecule has 0 saturated heterocycles. The summed E-state index contributed by atoms with van der Waals surface area (Å²) in [5.41, 5.74) is 0.438. The van der Waals surface area contributed by atoms with E-state index in [9.17, 15) is 9.59 Å². The fraction of sp³-hybridized carbons (Fsp3) is 0.412. The van der Waals surface area contributed by atoms with E-state index < -0.39 is 0 Å². The SMILES string of the molecule is CCOC(=O)Cc1nnc(SCC(=O)c2cc(OC)ccc2OC)n1C. The Labute approximate surface area is 155 Å². The van der Waals surface area contributed by atoms with Crippen molar-refractivity contribution < 1.29 is 23.8 Å². The number of ketones is 1. The molecule has 26 heavy (non-hydrogen) atoms. The molecule has 2 rings (SSSR count). The van der Waals surface area contributed by atoms with Crippen LogP contribution in [0.2, 0.25) is 0 Å². The van der Waals surface area contributed by atoms with Gasteiger partial charge in [0.05, 0.1) is 32.1 Å². The first-order chi connectivity index (χ1) is 12.5. The molecule has 1 aromatic carbocycles. The van der Waals surface area contributed by atoms with Gasteiger partial charge < -0.3 is 18.8 Å². The predicted octanol–water partition coefficient (Wildman–Crippen LogP) is 1.91. The maximum Gasteiger partial charge on any atom is 0.313 e. The molecule has 0 aliphatic carbocycles. The molecule has 0 fully saturated rings. The molecule has 2 aromatic rings. The van der Waals surface area contributed by atoms with Crippen LogP contribution in [-0.4, -0.2) is 53.1 Å². The van der Waals surface area contributed by atoms with E-state index in [4.69, 9.17) is 14.2 Å². The highest BCUT2D eigenvalue weighted by Crippen LogP contribution is 2.26. The molecule has 0 aliphatic rings. The number of ether oxygens (including phenoxy) is 3. The van der Waals surface area contributed by atoms with Crippen molar-refractivity contribution in [2.24, 2.45) is 7.05 Å². The average molecular weight is 379 g/mol. The Morgan fingerprint density at radius 1 is 1.19 bits per heavy atom. The number of benzene rings is 1. The van der Waals surface area contributed by atoms with Gasteiger partial charge in [-0.25, -0.2) is 0 Å². The number of methoxy groups -OCH3 is 2. The lowest BCUT2D eigenvalue weighted by Crippen LogP contribution is -2.12. The molecule has 1 aromatic heterocycles. The van der Waals surface area contributed by atoms with Crippen molar-refractivity contribution in [1.29, 1.82) is 0 Å². The first-order valence-electron chi connectivity index (χ1n) is 7.92. The second-order valence-electron chi connectivity index (χ2n) is 5.22. The maximum absolute atomic E-state index is 12.6. The number of hydrogen-bond acceptors (Lipinski definition) is 8. The van der Waals surface area contributed by atoms with Crippen molar-refractivity contribution in [2.45, 2.75) is 18.5 Å². The van der Waals surface area contributed by atoms with Crippen LogP contribution in [0.25, 0.3) is 0 Å². The number of rotatable bonds is 9. The fourth-order valence-corrected chi connectivity index (χ4v) is 3.02. The Balaban J connectivity index is 2.06. The van der Waals surface area contributed by atoms with Crippen LogP contribution in [0.5, 0.6) is 11.5 Å². The second kappa shape index (κ2) is 9.23.